The van der Waals surface area contributed by atoms with Crippen LogP contribution in [0.1, 0.15) is 23.7 Å². The minimum Gasteiger partial charge on any atom is -0.390 e. The average molecular weight is 470 g/mol. The summed E-state index contributed by atoms with van der Waals surface area (Å²) in [5.41, 5.74) is 3.40. The molecule has 1 aromatic heterocycles. The number of hydrogen-bond acceptors (Lipinski definition) is 4. The molecule has 3 aromatic rings. The summed E-state index contributed by atoms with van der Waals surface area (Å²) in [7, 11) is 0. The van der Waals surface area contributed by atoms with Crippen molar-refractivity contribution in [1.29, 1.82) is 5.41 Å². The van der Waals surface area contributed by atoms with E-state index < -0.39 is 11.3 Å². The summed E-state index contributed by atoms with van der Waals surface area (Å²) in [5, 5.41) is 12.5. The van der Waals surface area contributed by atoms with Crippen molar-refractivity contribution in [2.24, 2.45) is 0 Å². The Morgan fingerprint density at radius 3 is 2.71 bits per heavy atom. The number of rotatable bonds is 7. The van der Waals surface area contributed by atoms with Crippen LogP contribution in [0.3, 0.4) is 0 Å². The fourth-order valence-electron chi connectivity index (χ4n) is 3.79. The van der Waals surface area contributed by atoms with E-state index in [4.69, 9.17) is 17.0 Å². The third kappa shape index (κ3) is 5.00. The molecule has 0 atom stereocenters. The molecule has 3 N–H and O–H groups in total. The fraction of sp³-hybridized carbons (Fsp3) is 0.107. The van der Waals surface area contributed by atoms with Crippen LogP contribution in [-0.4, -0.2) is 23.0 Å². The maximum absolute atomic E-state index is 13.3. The van der Waals surface area contributed by atoms with Crippen molar-refractivity contribution in [2.75, 3.05) is 6.54 Å². The molecule has 2 aromatic carbocycles. The number of nitrogens with one attached hydrogen (secondary N) is 3. The second kappa shape index (κ2) is 10.3. The summed E-state index contributed by atoms with van der Waals surface area (Å²) >= 11 is 6.25. The Morgan fingerprint density at radius 2 is 1.94 bits per heavy atom. The number of pyridine rings is 1. The molecule has 0 fully saturated rings. The maximum atomic E-state index is 13.3. The molecule has 34 heavy (non-hydrogen) atoms. The first-order valence-corrected chi connectivity index (χ1v) is 11.4. The number of hydrogen-bond donors (Lipinski definition) is 3. The Balaban J connectivity index is 1.77. The number of ketones is 1. The molecule has 6 heteroatoms. The third-order valence-corrected chi connectivity index (χ3v) is 5.67. The Kier molecular flexibility index (Phi) is 7.04. The quantitative estimate of drug-likeness (QED) is 0.226. The zero-order valence-electron chi connectivity index (χ0n) is 18.7. The molecule has 4 rings (SSSR count). The van der Waals surface area contributed by atoms with Gasteiger partial charge in [-0.15, -0.1) is 0 Å². The number of aromatic nitrogens is 1. The van der Waals surface area contributed by atoms with Gasteiger partial charge in [0.15, 0.2) is 5.78 Å². The van der Waals surface area contributed by atoms with Gasteiger partial charge in [0.1, 0.15) is 0 Å². The molecule has 0 saturated carbocycles. The highest BCUT2D eigenvalue weighted by Crippen LogP contribution is 2.31. The Bertz CT molecular complexity index is 1440. The molecule has 5 nitrogen and oxygen atoms in total. The molecule has 0 aliphatic heterocycles. The predicted molar refractivity (Wildman–Crippen MR) is 140 cm³/mol. The van der Waals surface area contributed by atoms with Crippen LogP contribution in [0.25, 0.3) is 22.0 Å². The lowest BCUT2D eigenvalue weighted by Crippen LogP contribution is -2.18. The number of halogens is 1. The van der Waals surface area contributed by atoms with Gasteiger partial charge in [0.05, 0.1) is 11.3 Å². The summed E-state index contributed by atoms with van der Waals surface area (Å²) in [5.74, 6) is -0.411. The van der Waals surface area contributed by atoms with E-state index in [9.17, 15) is 9.59 Å². The molecule has 1 aliphatic rings. The van der Waals surface area contributed by atoms with E-state index in [1.807, 2.05) is 36.4 Å². The lowest BCUT2D eigenvalue weighted by Gasteiger charge is -2.12. The van der Waals surface area contributed by atoms with Gasteiger partial charge < -0.3 is 15.7 Å². The first-order valence-electron chi connectivity index (χ1n) is 11.0. The van der Waals surface area contributed by atoms with Crippen molar-refractivity contribution in [3.8, 4) is 11.1 Å². The van der Waals surface area contributed by atoms with Crippen LogP contribution in [0.15, 0.2) is 101 Å². The number of carbonyl (C=O) groups excluding carboxylic acids is 1. The van der Waals surface area contributed by atoms with Crippen molar-refractivity contribution in [3.05, 3.63) is 117 Å². The van der Waals surface area contributed by atoms with Crippen molar-refractivity contribution in [3.63, 3.8) is 0 Å². The average Bonchev–Trinajstić information content (AvgIpc) is 2.84. The lowest BCUT2D eigenvalue weighted by molar-refractivity contribution is 0.104. The van der Waals surface area contributed by atoms with Crippen LogP contribution in [0.2, 0.25) is 5.02 Å². The van der Waals surface area contributed by atoms with Gasteiger partial charge in [-0.05, 0) is 54.0 Å². The normalized spacial score (nSPS) is 14.7. The first kappa shape index (κ1) is 23.2. The SMILES string of the molecule is CCCN/C=C1C=C(/C=C/C(=O)c2c(-c3ccccc3)c3cc(Cl)ccc3[nH]c2=O)C=CC/1=N. The molecule has 0 bridgehead atoms. The van der Waals surface area contributed by atoms with E-state index in [2.05, 4.69) is 17.2 Å². The van der Waals surface area contributed by atoms with Crippen molar-refractivity contribution in [1.82, 2.24) is 10.3 Å². The highest BCUT2D eigenvalue weighted by Gasteiger charge is 2.19. The Morgan fingerprint density at radius 1 is 1.15 bits per heavy atom. The van der Waals surface area contributed by atoms with E-state index in [0.717, 1.165) is 29.7 Å². The van der Waals surface area contributed by atoms with E-state index in [0.29, 0.717) is 27.2 Å². The Hall–Kier alpha value is -3.96. The number of H-pyrrole nitrogens is 1. The molecule has 0 spiro atoms. The van der Waals surface area contributed by atoms with Crippen LogP contribution in [0, 0.1) is 5.41 Å². The summed E-state index contributed by atoms with van der Waals surface area (Å²) in [4.78, 5) is 29.2. The fourth-order valence-corrected chi connectivity index (χ4v) is 3.96. The zero-order valence-corrected chi connectivity index (χ0v) is 19.4. The summed E-state index contributed by atoms with van der Waals surface area (Å²) < 4.78 is 0. The lowest BCUT2D eigenvalue weighted by atomic mass is 9.93. The maximum Gasteiger partial charge on any atom is 0.260 e. The van der Waals surface area contributed by atoms with E-state index in [1.54, 1.807) is 42.6 Å². The van der Waals surface area contributed by atoms with Crippen molar-refractivity contribution < 1.29 is 4.79 Å². The highest BCUT2D eigenvalue weighted by molar-refractivity contribution is 6.31. The first-order chi connectivity index (χ1) is 16.5. The second-order valence-corrected chi connectivity index (χ2v) is 8.34. The highest BCUT2D eigenvalue weighted by atomic mass is 35.5. The van der Waals surface area contributed by atoms with E-state index in [-0.39, 0.29) is 5.56 Å². The zero-order chi connectivity index (χ0) is 24.1. The molecule has 0 radical (unpaired) electrons. The van der Waals surface area contributed by atoms with Crippen LogP contribution >= 0.6 is 11.6 Å². The van der Waals surface area contributed by atoms with E-state index >= 15 is 0 Å². The number of allylic oxidation sites excluding steroid dienone is 7. The van der Waals surface area contributed by atoms with Gasteiger partial charge in [-0.2, -0.15) is 0 Å². The molecular formula is C28H24ClN3O2. The van der Waals surface area contributed by atoms with Gasteiger partial charge in [0, 0.05) is 39.8 Å². The number of benzene rings is 2. The van der Waals surface area contributed by atoms with Gasteiger partial charge in [-0.3, -0.25) is 9.59 Å². The second-order valence-electron chi connectivity index (χ2n) is 7.90. The standard InChI is InChI=1S/C28H24ClN3O2/c1-2-14-31-17-20-15-18(8-11-23(20)30)9-13-25(33)27-26(19-6-4-3-5-7-19)22-16-21(29)10-12-24(22)32-28(27)34/h3-13,15-17,30-31H,2,14H2,1H3,(H,32,34)/b13-9+,20-17-,30-23?. The van der Waals surface area contributed by atoms with Crippen LogP contribution < -0.4 is 10.9 Å². The summed E-state index contributed by atoms with van der Waals surface area (Å²) in [6.07, 6.45) is 11.1. The monoisotopic (exact) mass is 469 g/mol. The van der Waals surface area contributed by atoms with Crippen LogP contribution in [0.4, 0.5) is 0 Å². The van der Waals surface area contributed by atoms with Gasteiger partial charge >= 0.3 is 0 Å². The largest absolute Gasteiger partial charge is 0.390 e. The molecule has 170 valence electrons. The molecule has 0 unspecified atom stereocenters. The molecule has 0 amide bonds. The minimum absolute atomic E-state index is 0.0609. The number of fused-ring (bicyclic) bond motifs is 1. The van der Waals surface area contributed by atoms with Gasteiger partial charge in [-0.1, -0.05) is 61.0 Å². The van der Waals surface area contributed by atoms with Gasteiger partial charge in [-0.25, -0.2) is 0 Å². The molecular weight excluding hydrogens is 446 g/mol. The van der Waals surface area contributed by atoms with E-state index in [1.165, 1.54) is 6.08 Å². The number of carbonyl (C=O) groups is 1. The van der Waals surface area contributed by atoms with Gasteiger partial charge in [0.25, 0.3) is 5.56 Å². The minimum atomic E-state index is -0.456. The third-order valence-electron chi connectivity index (χ3n) is 5.44. The molecule has 1 aliphatic carbocycles. The number of aromatic amines is 1. The van der Waals surface area contributed by atoms with Crippen molar-refractivity contribution in [2.45, 2.75) is 13.3 Å². The molecule has 1 heterocycles. The van der Waals surface area contributed by atoms with Crippen LogP contribution in [-0.2, 0) is 0 Å². The summed E-state index contributed by atoms with van der Waals surface area (Å²) in [6.45, 7) is 2.88. The smallest absolute Gasteiger partial charge is 0.260 e. The topological polar surface area (TPSA) is 85.8 Å². The van der Waals surface area contributed by atoms with Crippen molar-refractivity contribution >= 4 is 34.0 Å². The Labute approximate surface area is 202 Å². The molecule has 0 saturated heterocycles. The van der Waals surface area contributed by atoms with Crippen LogP contribution in [0.5, 0.6) is 0 Å². The summed E-state index contributed by atoms with van der Waals surface area (Å²) in [6, 6.07) is 14.6. The van der Waals surface area contributed by atoms with Gasteiger partial charge in [0.2, 0.25) is 0 Å². The predicted octanol–water partition coefficient (Wildman–Crippen LogP) is 5.99.